The van der Waals surface area contributed by atoms with E-state index < -0.39 is 23.7 Å². The molecule has 0 aliphatic carbocycles. The third-order valence-corrected chi connectivity index (χ3v) is 6.18. The Morgan fingerprint density at radius 3 is 2.52 bits per heavy atom. The largest absolute Gasteiger partial charge is 0.459 e. The van der Waals surface area contributed by atoms with Gasteiger partial charge in [0.2, 0.25) is 0 Å². The molecule has 3 heterocycles. The van der Waals surface area contributed by atoms with Crippen LogP contribution in [0, 0.1) is 0 Å². The van der Waals surface area contributed by atoms with Gasteiger partial charge in [0.15, 0.2) is 5.76 Å². The number of alkyl halides is 3. The molecule has 0 radical (unpaired) electrons. The molecule has 0 fully saturated rings. The van der Waals surface area contributed by atoms with Crippen LogP contribution in [0.4, 0.5) is 24.0 Å². The Bertz CT molecular complexity index is 1200. The molecule has 1 aromatic carbocycles. The minimum absolute atomic E-state index is 0.163. The van der Waals surface area contributed by atoms with Gasteiger partial charge in [-0.25, -0.2) is 4.98 Å². The molecule has 0 unspecified atom stereocenters. The molecule has 170 valence electrons. The zero-order chi connectivity index (χ0) is 23.4. The average Bonchev–Trinajstić information content (AvgIpc) is 3.48. The molecule has 0 saturated carbocycles. The number of furan rings is 1. The van der Waals surface area contributed by atoms with Crippen LogP contribution in [0.2, 0.25) is 0 Å². The molecular formula is C24H20F3N3O2S. The number of carbonyl (C=O) groups is 1. The Labute approximate surface area is 192 Å². The first-order chi connectivity index (χ1) is 15.8. The number of hydrogen-bond donors (Lipinski definition) is 2. The minimum Gasteiger partial charge on any atom is -0.459 e. The van der Waals surface area contributed by atoms with Crippen molar-refractivity contribution in [2.75, 3.05) is 10.6 Å². The fourth-order valence-electron chi connectivity index (χ4n) is 3.32. The summed E-state index contributed by atoms with van der Waals surface area (Å²) in [5.74, 6) is 0.306. The maximum Gasteiger partial charge on any atom is 0.416 e. The van der Waals surface area contributed by atoms with Gasteiger partial charge < -0.3 is 15.1 Å². The highest BCUT2D eigenvalue weighted by Crippen LogP contribution is 2.39. The van der Waals surface area contributed by atoms with Gasteiger partial charge in [-0.3, -0.25) is 4.79 Å². The first kappa shape index (κ1) is 22.6. The molecule has 3 aromatic heterocycles. The molecular weight excluding hydrogens is 451 g/mol. The van der Waals surface area contributed by atoms with Gasteiger partial charge in [-0.1, -0.05) is 25.1 Å². The first-order valence-electron chi connectivity index (χ1n) is 10.2. The Hall–Kier alpha value is -3.59. The van der Waals surface area contributed by atoms with E-state index in [1.54, 1.807) is 30.5 Å². The van der Waals surface area contributed by atoms with Gasteiger partial charge in [-0.2, -0.15) is 13.2 Å². The lowest BCUT2D eigenvalue weighted by molar-refractivity contribution is -0.137. The molecule has 1 atom stereocenters. The number of anilines is 2. The van der Waals surface area contributed by atoms with Crippen LogP contribution in [0.15, 0.2) is 77.5 Å². The van der Waals surface area contributed by atoms with Gasteiger partial charge in [0, 0.05) is 16.6 Å². The average molecular weight is 472 g/mol. The summed E-state index contributed by atoms with van der Waals surface area (Å²) in [5.41, 5.74) is 0.596. The number of pyridine rings is 1. The number of nitrogens with one attached hydrogen (secondary N) is 2. The zero-order valence-electron chi connectivity index (χ0n) is 17.5. The first-order valence-corrected chi connectivity index (χ1v) is 11.0. The van der Waals surface area contributed by atoms with Crippen LogP contribution in [0.25, 0.3) is 0 Å². The molecule has 0 saturated heterocycles. The summed E-state index contributed by atoms with van der Waals surface area (Å²) >= 11 is 1.41. The Kier molecular flexibility index (Phi) is 6.50. The van der Waals surface area contributed by atoms with Gasteiger partial charge in [0.1, 0.15) is 10.8 Å². The number of aryl methyl sites for hydroxylation is 1. The molecule has 0 aliphatic rings. The van der Waals surface area contributed by atoms with Gasteiger partial charge >= 0.3 is 6.18 Å². The molecule has 0 bridgehead atoms. The minimum atomic E-state index is -4.43. The fraction of sp³-hybridized carbons (Fsp3) is 0.167. The normalized spacial score (nSPS) is 12.4. The number of thiophene rings is 1. The topological polar surface area (TPSA) is 67.2 Å². The molecule has 2 N–H and O–H groups in total. The number of nitrogens with zero attached hydrogens (tertiary/aromatic N) is 1. The van der Waals surface area contributed by atoms with Crippen molar-refractivity contribution in [1.29, 1.82) is 0 Å². The summed E-state index contributed by atoms with van der Waals surface area (Å²) < 4.78 is 44.5. The Balaban J connectivity index is 1.75. The van der Waals surface area contributed by atoms with Gasteiger partial charge in [0.05, 0.1) is 17.9 Å². The van der Waals surface area contributed by atoms with Crippen LogP contribution in [0.3, 0.4) is 0 Å². The highest BCUT2D eigenvalue weighted by Gasteiger charge is 2.31. The van der Waals surface area contributed by atoms with E-state index in [0.717, 1.165) is 29.0 Å². The van der Waals surface area contributed by atoms with Crippen molar-refractivity contribution in [2.24, 2.45) is 0 Å². The van der Waals surface area contributed by atoms with Crippen molar-refractivity contribution in [1.82, 2.24) is 4.98 Å². The number of rotatable bonds is 7. The third-order valence-electron chi connectivity index (χ3n) is 4.97. The summed E-state index contributed by atoms with van der Waals surface area (Å²) in [4.78, 5) is 17.9. The van der Waals surface area contributed by atoms with E-state index in [9.17, 15) is 18.0 Å². The Morgan fingerprint density at radius 1 is 1.12 bits per heavy atom. The lowest BCUT2D eigenvalue weighted by Gasteiger charge is -2.21. The van der Waals surface area contributed by atoms with E-state index in [0.29, 0.717) is 16.4 Å². The number of carbonyl (C=O) groups excluding carboxylic acids is 1. The number of halogens is 3. The van der Waals surface area contributed by atoms with Crippen molar-refractivity contribution < 1.29 is 22.4 Å². The summed E-state index contributed by atoms with van der Waals surface area (Å²) in [6.07, 6.45) is -0.661. The fourth-order valence-corrected chi connectivity index (χ4v) is 4.35. The third kappa shape index (κ3) is 5.25. The standard InChI is InChI=1S/C24H20F3N3O2S/c1-2-17-14-18(23(33-17)30-22(31)19-6-5-13-32-19)21(29-20-7-3-4-12-28-20)15-8-10-16(11-9-15)24(25,26)27/h3-14,21H,2H2,1H3,(H,28,29)(H,30,31)/t21-/m1/s1. The van der Waals surface area contributed by atoms with Crippen LogP contribution in [-0.4, -0.2) is 10.9 Å². The number of aromatic nitrogens is 1. The molecule has 0 spiro atoms. The van der Waals surface area contributed by atoms with Gasteiger partial charge in [-0.05, 0) is 54.4 Å². The number of hydrogen-bond acceptors (Lipinski definition) is 5. The van der Waals surface area contributed by atoms with Crippen LogP contribution in [0.1, 0.15) is 45.1 Å². The molecule has 1 amide bonds. The van der Waals surface area contributed by atoms with E-state index in [2.05, 4.69) is 15.6 Å². The molecule has 9 heteroatoms. The molecule has 4 rings (SSSR count). The molecule has 5 nitrogen and oxygen atoms in total. The van der Waals surface area contributed by atoms with E-state index in [-0.39, 0.29) is 5.76 Å². The predicted molar refractivity (Wildman–Crippen MR) is 122 cm³/mol. The van der Waals surface area contributed by atoms with Crippen molar-refractivity contribution in [3.05, 3.63) is 100 Å². The SMILES string of the molecule is CCc1cc([C@H](Nc2ccccn2)c2ccc(C(F)(F)F)cc2)c(NC(=O)c2ccco2)s1. The summed E-state index contributed by atoms with van der Waals surface area (Å²) in [5, 5.41) is 6.76. The maximum absolute atomic E-state index is 13.1. The lowest BCUT2D eigenvalue weighted by Crippen LogP contribution is -2.17. The second kappa shape index (κ2) is 9.50. The van der Waals surface area contributed by atoms with E-state index in [4.69, 9.17) is 4.42 Å². The highest BCUT2D eigenvalue weighted by atomic mass is 32.1. The summed E-state index contributed by atoms with van der Waals surface area (Å²) in [7, 11) is 0. The Morgan fingerprint density at radius 2 is 1.91 bits per heavy atom. The van der Waals surface area contributed by atoms with Crippen LogP contribution >= 0.6 is 11.3 Å². The summed E-state index contributed by atoms with van der Waals surface area (Å²) in [6, 6.07) is 14.9. The van der Waals surface area contributed by atoms with Crippen molar-refractivity contribution in [3.8, 4) is 0 Å². The van der Waals surface area contributed by atoms with Crippen LogP contribution in [-0.2, 0) is 12.6 Å². The monoisotopic (exact) mass is 471 g/mol. The highest BCUT2D eigenvalue weighted by molar-refractivity contribution is 7.16. The number of benzene rings is 1. The van der Waals surface area contributed by atoms with E-state index >= 15 is 0 Å². The number of amides is 1. The van der Waals surface area contributed by atoms with E-state index in [1.165, 1.54) is 29.7 Å². The molecule has 0 aliphatic heterocycles. The van der Waals surface area contributed by atoms with Crippen molar-refractivity contribution >= 4 is 28.1 Å². The zero-order valence-corrected chi connectivity index (χ0v) is 18.3. The maximum atomic E-state index is 13.1. The van der Waals surface area contributed by atoms with Gasteiger partial charge in [-0.15, -0.1) is 11.3 Å². The lowest BCUT2D eigenvalue weighted by atomic mass is 9.98. The second-order valence-electron chi connectivity index (χ2n) is 7.19. The molecule has 4 aromatic rings. The van der Waals surface area contributed by atoms with Gasteiger partial charge in [0.25, 0.3) is 5.91 Å². The predicted octanol–water partition coefficient (Wildman–Crippen LogP) is 6.77. The smallest absolute Gasteiger partial charge is 0.416 e. The molecule has 33 heavy (non-hydrogen) atoms. The summed E-state index contributed by atoms with van der Waals surface area (Å²) in [6.45, 7) is 1.99. The van der Waals surface area contributed by atoms with E-state index in [1.807, 2.05) is 19.1 Å². The van der Waals surface area contributed by atoms with Crippen LogP contribution < -0.4 is 10.6 Å². The van der Waals surface area contributed by atoms with Crippen LogP contribution in [0.5, 0.6) is 0 Å². The van der Waals surface area contributed by atoms with Crippen molar-refractivity contribution in [2.45, 2.75) is 25.6 Å². The van der Waals surface area contributed by atoms with Crippen molar-refractivity contribution in [3.63, 3.8) is 0 Å². The second-order valence-corrected chi connectivity index (χ2v) is 8.33. The quantitative estimate of drug-likeness (QED) is 0.312.